The zero-order valence-corrected chi connectivity index (χ0v) is 15.2. The van der Waals surface area contributed by atoms with Crippen LogP contribution in [-0.2, 0) is 0 Å². The number of ether oxygens (including phenoxy) is 2. The number of pyridine rings is 1. The number of aromatic nitrogens is 1. The van der Waals surface area contributed by atoms with Crippen LogP contribution in [0.4, 0.5) is 0 Å². The molecule has 0 unspecified atom stereocenters. The van der Waals surface area contributed by atoms with Gasteiger partial charge in [-0.15, -0.1) is 0 Å². The van der Waals surface area contributed by atoms with Gasteiger partial charge in [-0.25, -0.2) is 9.79 Å². The lowest BCUT2D eigenvalue weighted by atomic mass is 10.1. The van der Waals surface area contributed by atoms with Crippen molar-refractivity contribution >= 4 is 17.9 Å². The summed E-state index contributed by atoms with van der Waals surface area (Å²) in [7, 11) is 1.50. The molecule has 1 saturated heterocycles. The highest BCUT2D eigenvalue weighted by atomic mass is 32.2. The molecule has 1 amide bonds. The molecular weight excluding hydrogens is 354 g/mol. The summed E-state index contributed by atoms with van der Waals surface area (Å²) in [6.45, 7) is 1.66. The minimum Gasteiger partial charge on any atom is -0.496 e. The van der Waals surface area contributed by atoms with Crippen molar-refractivity contribution in [2.24, 2.45) is 0 Å². The van der Waals surface area contributed by atoms with E-state index in [1.807, 2.05) is 24.3 Å². The smallest absolute Gasteiger partial charge is 0.279 e. The largest absolute Gasteiger partial charge is 0.496 e. The number of nitrogens with zero attached hydrogens (tertiary/aromatic N) is 2. The summed E-state index contributed by atoms with van der Waals surface area (Å²) < 4.78 is 13.4. The van der Waals surface area contributed by atoms with E-state index in [1.54, 1.807) is 23.9 Å². The second-order valence-corrected chi connectivity index (χ2v) is 6.93. The van der Waals surface area contributed by atoms with E-state index in [1.165, 1.54) is 19.1 Å². The topological polar surface area (TPSA) is 83.9 Å². The molecule has 0 radical (unpaired) electrons. The average molecular weight is 375 g/mol. The quantitative estimate of drug-likeness (QED) is 0.456. The Bertz CT molecular complexity index is 736. The van der Waals surface area contributed by atoms with Gasteiger partial charge in [-0.1, -0.05) is 6.07 Å². The molecule has 0 bridgehead atoms. The van der Waals surface area contributed by atoms with E-state index in [9.17, 15) is 4.79 Å². The zero-order chi connectivity index (χ0) is 18.4. The maximum absolute atomic E-state index is 12.0. The van der Waals surface area contributed by atoms with E-state index in [2.05, 4.69) is 9.29 Å². The van der Waals surface area contributed by atoms with Crippen molar-refractivity contribution in [1.29, 1.82) is 0 Å². The highest BCUT2D eigenvalue weighted by Crippen LogP contribution is 2.34. The van der Waals surface area contributed by atoms with Crippen LogP contribution in [0.1, 0.15) is 23.2 Å². The van der Waals surface area contributed by atoms with Gasteiger partial charge in [-0.05, 0) is 49.1 Å². The average Bonchev–Trinajstić information content (AvgIpc) is 2.69. The summed E-state index contributed by atoms with van der Waals surface area (Å²) in [5.74, 6) is 0.680. The Kier molecular flexibility index (Phi) is 6.32. The number of nitrogens with one attached hydrogen (secondary N) is 1. The number of amides is 1. The van der Waals surface area contributed by atoms with Gasteiger partial charge in [-0.2, -0.15) is 0 Å². The Morgan fingerprint density at radius 1 is 1.27 bits per heavy atom. The van der Waals surface area contributed by atoms with Crippen molar-refractivity contribution in [2.75, 3.05) is 20.2 Å². The first-order chi connectivity index (χ1) is 12.7. The van der Waals surface area contributed by atoms with Gasteiger partial charge in [0.2, 0.25) is 0 Å². The molecule has 0 saturated carbocycles. The molecule has 0 atom stereocenters. The molecule has 1 fully saturated rings. The molecule has 0 spiro atoms. The molecule has 0 aliphatic carbocycles. The predicted octanol–water partition coefficient (Wildman–Crippen LogP) is 2.76. The van der Waals surface area contributed by atoms with E-state index in [4.69, 9.17) is 14.7 Å². The Labute approximate surface area is 156 Å². The molecule has 1 aromatic heterocycles. The van der Waals surface area contributed by atoms with Crippen molar-refractivity contribution in [2.45, 2.75) is 23.8 Å². The number of benzene rings is 1. The Morgan fingerprint density at radius 3 is 2.65 bits per heavy atom. The number of piperidine rings is 1. The maximum Gasteiger partial charge on any atom is 0.279 e. The number of rotatable bonds is 6. The van der Waals surface area contributed by atoms with E-state index in [0.29, 0.717) is 11.3 Å². The summed E-state index contributed by atoms with van der Waals surface area (Å²) >= 11 is 1.49. The van der Waals surface area contributed by atoms with Crippen LogP contribution in [0.5, 0.6) is 11.5 Å². The Balaban J connectivity index is 1.62. The van der Waals surface area contributed by atoms with Crippen molar-refractivity contribution in [3.63, 3.8) is 0 Å². The van der Waals surface area contributed by atoms with Crippen molar-refractivity contribution in [3.05, 3.63) is 48.3 Å². The standard InChI is InChI=1S/C18H21N3O4S/c1-24-15-3-2-4-16(17(15)18(22)20-23)26-21-11-7-14(8-12-21)25-13-5-9-19-10-6-13/h2-6,9-10,14,23H,7-8,11-12H2,1H3,(H,20,22). The van der Waals surface area contributed by atoms with Crippen LogP contribution in [-0.4, -0.2) is 46.7 Å². The fourth-order valence-corrected chi connectivity index (χ4v) is 3.92. The molecular formula is C18H21N3O4S. The molecule has 2 N–H and O–H groups in total. The molecule has 1 aromatic carbocycles. The third kappa shape index (κ3) is 4.46. The molecule has 7 nitrogen and oxygen atoms in total. The lowest BCUT2D eigenvalue weighted by Crippen LogP contribution is -2.34. The maximum atomic E-state index is 12.0. The van der Waals surface area contributed by atoms with E-state index < -0.39 is 5.91 Å². The monoisotopic (exact) mass is 375 g/mol. The molecule has 1 aliphatic rings. The van der Waals surface area contributed by atoms with Crippen LogP contribution in [0.3, 0.4) is 0 Å². The third-order valence-corrected chi connectivity index (χ3v) is 5.28. The molecule has 3 rings (SSSR count). The third-order valence-electron chi connectivity index (χ3n) is 4.12. The van der Waals surface area contributed by atoms with Crippen LogP contribution in [0.15, 0.2) is 47.6 Å². The van der Waals surface area contributed by atoms with Gasteiger partial charge >= 0.3 is 0 Å². The molecule has 8 heteroatoms. The summed E-state index contributed by atoms with van der Waals surface area (Å²) in [6, 6.07) is 9.09. The first kappa shape index (κ1) is 18.5. The molecule has 1 aliphatic heterocycles. The van der Waals surface area contributed by atoms with Crippen LogP contribution < -0.4 is 15.0 Å². The first-order valence-corrected chi connectivity index (χ1v) is 9.09. The van der Waals surface area contributed by atoms with Gasteiger partial charge in [0.25, 0.3) is 5.91 Å². The minimum atomic E-state index is -0.583. The molecule has 2 heterocycles. The lowest BCUT2D eigenvalue weighted by molar-refractivity contribution is 0.0699. The van der Waals surface area contributed by atoms with Crippen LogP contribution in [0.25, 0.3) is 0 Å². The molecule has 26 heavy (non-hydrogen) atoms. The van der Waals surface area contributed by atoms with Crippen LogP contribution in [0.2, 0.25) is 0 Å². The van der Waals surface area contributed by atoms with Crippen LogP contribution >= 0.6 is 11.9 Å². The SMILES string of the molecule is COc1cccc(SN2CCC(Oc3ccncc3)CC2)c1C(=O)NO. The number of hydroxylamine groups is 1. The van der Waals surface area contributed by atoms with Crippen molar-refractivity contribution < 1.29 is 19.5 Å². The fourth-order valence-electron chi connectivity index (χ4n) is 2.83. The van der Waals surface area contributed by atoms with E-state index in [0.717, 1.165) is 36.6 Å². The Hall–Kier alpha value is -2.29. The normalized spacial score (nSPS) is 15.5. The van der Waals surface area contributed by atoms with Gasteiger partial charge in [0, 0.05) is 30.4 Å². The number of methoxy groups -OCH3 is 1. The molecule has 138 valence electrons. The number of carbonyl (C=O) groups excluding carboxylic acids is 1. The van der Waals surface area contributed by atoms with Crippen LogP contribution in [0, 0.1) is 0 Å². The minimum absolute atomic E-state index is 0.166. The second kappa shape index (κ2) is 8.88. The van der Waals surface area contributed by atoms with Crippen molar-refractivity contribution in [1.82, 2.24) is 14.8 Å². The Morgan fingerprint density at radius 2 is 2.00 bits per heavy atom. The summed E-state index contributed by atoms with van der Waals surface area (Å²) in [6.07, 6.45) is 5.38. The fraction of sp³-hybridized carbons (Fsp3) is 0.333. The summed E-state index contributed by atoms with van der Waals surface area (Å²) in [5, 5.41) is 9.01. The number of carbonyl (C=O) groups is 1. The first-order valence-electron chi connectivity index (χ1n) is 8.32. The summed E-state index contributed by atoms with van der Waals surface area (Å²) in [5.41, 5.74) is 2.02. The van der Waals surface area contributed by atoms with Gasteiger partial charge < -0.3 is 9.47 Å². The number of hydrogen-bond donors (Lipinski definition) is 2. The highest BCUT2D eigenvalue weighted by molar-refractivity contribution is 7.97. The van der Waals surface area contributed by atoms with Gasteiger partial charge in [-0.3, -0.25) is 15.0 Å². The predicted molar refractivity (Wildman–Crippen MR) is 97.6 cm³/mol. The van der Waals surface area contributed by atoms with Gasteiger partial charge in [0.15, 0.2) is 0 Å². The molecule has 2 aromatic rings. The number of hydrogen-bond acceptors (Lipinski definition) is 7. The zero-order valence-electron chi connectivity index (χ0n) is 14.4. The van der Waals surface area contributed by atoms with Gasteiger partial charge in [0.1, 0.15) is 17.6 Å². The highest BCUT2D eigenvalue weighted by Gasteiger charge is 2.24. The second-order valence-electron chi connectivity index (χ2n) is 5.79. The van der Waals surface area contributed by atoms with E-state index >= 15 is 0 Å². The summed E-state index contributed by atoms with van der Waals surface area (Å²) in [4.78, 5) is 16.7. The van der Waals surface area contributed by atoms with Crippen molar-refractivity contribution in [3.8, 4) is 11.5 Å². The van der Waals surface area contributed by atoms with Gasteiger partial charge in [0.05, 0.1) is 12.7 Å². The lowest BCUT2D eigenvalue weighted by Gasteiger charge is -2.31. The van der Waals surface area contributed by atoms with E-state index in [-0.39, 0.29) is 6.10 Å².